The second-order valence-corrected chi connectivity index (χ2v) is 12.5. The highest BCUT2D eigenvalue weighted by Crippen LogP contribution is 2.42. The molecule has 0 saturated carbocycles. The van der Waals surface area contributed by atoms with Crippen LogP contribution >= 0.6 is 0 Å². The maximum absolute atomic E-state index is 11.4. The summed E-state index contributed by atoms with van der Waals surface area (Å²) in [5.74, 6) is -2.37. The van der Waals surface area contributed by atoms with Gasteiger partial charge in [0.05, 0.1) is 31.5 Å². The van der Waals surface area contributed by atoms with Crippen LogP contribution in [0.15, 0.2) is 40.8 Å². The number of aliphatic hydroxyl groups excluding tert-OH is 9. The van der Waals surface area contributed by atoms with Crippen LogP contribution in [-0.4, -0.2) is 172 Å². The van der Waals surface area contributed by atoms with Crippen LogP contribution in [0.5, 0.6) is 28.7 Å². The fraction of sp³-hybridized carbons (Fsp3) is 0.531. The van der Waals surface area contributed by atoms with Crippen molar-refractivity contribution in [1.82, 2.24) is 0 Å². The Labute approximate surface area is 292 Å². The molecule has 2 aromatic carbocycles. The molecule has 0 radical (unpaired) electrons. The third-order valence-electron chi connectivity index (χ3n) is 8.96. The molecular weight excluding hydrogens is 704 g/mol. The number of fused-ring (bicyclic) bond motifs is 1. The molecule has 3 fully saturated rings. The molecule has 1 aromatic heterocycles. The zero-order valence-corrected chi connectivity index (χ0v) is 26.8. The van der Waals surface area contributed by atoms with Crippen molar-refractivity contribution in [2.75, 3.05) is 19.8 Å². The predicted octanol–water partition coefficient (Wildman–Crippen LogP) is -3.33. The van der Waals surface area contributed by atoms with E-state index in [1.807, 2.05) is 0 Å². The minimum Gasteiger partial charge on any atom is -0.507 e. The van der Waals surface area contributed by atoms with E-state index in [-0.39, 0.29) is 33.8 Å². The summed E-state index contributed by atoms with van der Waals surface area (Å²) in [5.41, 5.74) is 0.00635. The van der Waals surface area contributed by atoms with Gasteiger partial charge in [-0.25, -0.2) is 4.42 Å². The SMILES string of the molecule is OC[C@@H]1O[C@@H](OC[C@H]2O[C@@H](Oc3cc4c(O)cc(O)cc4[o+]c3-c3ccc(O)c(O)c3)[C@H](O[C@@H]3OC[C@@H](O)[C@H](O)[C@H]3O)[C@@H](O)[C@H]2O)[C@H](O)[C@@H](O)[C@@H]1O. The summed E-state index contributed by atoms with van der Waals surface area (Å²) in [6.45, 7) is -1.95. The van der Waals surface area contributed by atoms with Gasteiger partial charge >= 0.3 is 11.3 Å². The molecule has 13 N–H and O–H groups in total. The minimum atomic E-state index is -1.97. The van der Waals surface area contributed by atoms with Crippen LogP contribution in [-0.2, 0) is 23.7 Å². The van der Waals surface area contributed by atoms with E-state index >= 15 is 0 Å². The highest BCUT2D eigenvalue weighted by atomic mass is 16.8. The standard InChI is InChI=1S/C32H38O20/c33-7-19-22(40)24(42)27(45)30(50-19)47-9-20-23(41)25(43)29(52-31-26(44)21(39)16(38)8-46-31)32(51-20)49-18-6-12-14(36)4-11(34)5-17(12)48-28(18)10-1-2-13(35)15(37)3-10/h1-6,16,19-27,29-33,38-45H,7-9H2,(H3-,34,35,36,37)/p+1/t16-,19+,20-,21+,22-,23+,24+,25+,26-,27-,29-,30-,31+,32-/m1/s1. The first kappa shape index (κ1) is 38.0. The van der Waals surface area contributed by atoms with Crippen LogP contribution < -0.4 is 4.74 Å². The van der Waals surface area contributed by atoms with Gasteiger partial charge in [-0.15, -0.1) is 0 Å². The molecule has 286 valence electrons. The van der Waals surface area contributed by atoms with E-state index in [2.05, 4.69) is 0 Å². The van der Waals surface area contributed by atoms with Crippen molar-refractivity contribution in [3.63, 3.8) is 0 Å². The first-order valence-corrected chi connectivity index (χ1v) is 15.9. The highest BCUT2D eigenvalue weighted by molar-refractivity contribution is 5.88. The number of benzene rings is 2. The average molecular weight is 744 g/mol. The number of hydrogen-bond donors (Lipinski definition) is 13. The largest absolute Gasteiger partial charge is 0.507 e. The van der Waals surface area contributed by atoms with Gasteiger partial charge in [-0.2, -0.15) is 0 Å². The summed E-state index contributed by atoms with van der Waals surface area (Å²) in [7, 11) is 0. The van der Waals surface area contributed by atoms with Crippen LogP contribution in [0.1, 0.15) is 0 Å². The summed E-state index contributed by atoms with van der Waals surface area (Å²) in [6.07, 6.45) is -24.1. The van der Waals surface area contributed by atoms with Crippen LogP contribution in [0, 0.1) is 0 Å². The van der Waals surface area contributed by atoms with Gasteiger partial charge in [-0.1, -0.05) is 0 Å². The monoisotopic (exact) mass is 743 g/mol. The van der Waals surface area contributed by atoms with Crippen LogP contribution in [0.25, 0.3) is 22.3 Å². The Morgan fingerprint density at radius 3 is 2.08 bits per heavy atom. The third-order valence-corrected chi connectivity index (χ3v) is 8.96. The van der Waals surface area contributed by atoms with Crippen molar-refractivity contribution in [3.8, 4) is 40.1 Å². The molecule has 0 aliphatic carbocycles. The van der Waals surface area contributed by atoms with E-state index in [4.69, 9.17) is 32.8 Å². The van der Waals surface area contributed by atoms with Gasteiger partial charge in [0.2, 0.25) is 12.0 Å². The Morgan fingerprint density at radius 2 is 1.37 bits per heavy atom. The summed E-state index contributed by atoms with van der Waals surface area (Å²) in [5, 5.41) is 134. The van der Waals surface area contributed by atoms with Crippen molar-refractivity contribution in [3.05, 3.63) is 36.4 Å². The zero-order chi connectivity index (χ0) is 37.6. The van der Waals surface area contributed by atoms with E-state index in [0.29, 0.717) is 0 Å². The van der Waals surface area contributed by atoms with Gasteiger partial charge in [-0.05, 0) is 12.1 Å². The van der Waals surface area contributed by atoms with E-state index in [9.17, 15) is 66.4 Å². The maximum Gasteiger partial charge on any atom is 0.402 e. The molecule has 20 heteroatoms. The Morgan fingerprint density at radius 1 is 0.673 bits per heavy atom. The summed E-state index contributed by atoms with van der Waals surface area (Å²) >= 11 is 0. The van der Waals surface area contributed by atoms with Crippen molar-refractivity contribution >= 4 is 11.0 Å². The number of phenols is 4. The van der Waals surface area contributed by atoms with Crippen molar-refractivity contribution < 1.29 is 99.2 Å². The lowest BCUT2D eigenvalue weighted by Crippen LogP contribution is -2.64. The Bertz CT molecular complexity index is 1710. The molecule has 6 rings (SSSR count). The van der Waals surface area contributed by atoms with Gasteiger partial charge < -0.3 is 94.8 Å². The van der Waals surface area contributed by atoms with Crippen LogP contribution in [0.3, 0.4) is 0 Å². The van der Waals surface area contributed by atoms with E-state index in [1.54, 1.807) is 0 Å². The molecule has 0 bridgehead atoms. The maximum atomic E-state index is 11.4. The molecule has 3 aliphatic heterocycles. The lowest BCUT2D eigenvalue weighted by Gasteiger charge is -2.45. The van der Waals surface area contributed by atoms with E-state index in [0.717, 1.165) is 18.2 Å². The number of aromatic hydroxyl groups is 4. The van der Waals surface area contributed by atoms with Gasteiger partial charge in [0.1, 0.15) is 77.9 Å². The molecule has 20 nitrogen and oxygen atoms in total. The van der Waals surface area contributed by atoms with Gasteiger partial charge in [-0.3, -0.25) is 0 Å². The first-order chi connectivity index (χ1) is 24.7. The molecule has 0 amide bonds. The van der Waals surface area contributed by atoms with Crippen LogP contribution in [0.2, 0.25) is 0 Å². The smallest absolute Gasteiger partial charge is 0.402 e. The normalized spacial score (nSPS) is 36.9. The number of rotatable bonds is 9. The van der Waals surface area contributed by atoms with Gasteiger partial charge in [0, 0.05) is 18.2 Å². The van der Waals surface area contributed by atoms with Crippen molar-refractivity contribution in [2.24, 2.45) is 0 Å². The minimum absolute atomic E-state index is 0.0148. The molecule has 0 spiro atoms. The lowest BCUT2D eigenvalue weighted by atomic mass is 9.98. The van der Waals surface area contributed by atoms with E-state index in [1.165, 1.54) is 18.2 Å². The molecular formula is C32H39O20+. The summed E-state index contributed by atoms with van der Waals surface area (Å²) in [4.78, 5) is 0. The fourth-order valence-corrected chi connectivity index (χ4v) is 5.99. The molecule has 0 unspecified atom stereocenters. The third kappa shape index (κ3) is 7.40. The van der Waals surface area contributed by atoms with E-state index < -0.39 is 123 Å². The highest BCUT2D eigenvalue weighted by Gasteiger charge is 2.52. The van der Waals surface area contributed by atoms with Gasteiger partial charge in [0.25, 0.3) is 0 Å². The Balaban J connectivity index is 1.36. The lowest BCUT2D eigenvalue weighted by molar-refractivity contribution is -0.353. The zero-order valence-electron chi connectivity index (χ0n) is 26.8. The Hall–Kier alpha value is -3.71. The molecule has 3 saturated heterocycles. The molecule has 4 heterocycles. The quantitative estimate of drug-likeness (QED) is 0.0753. The number of aliphatic hydroxyl groups is 9. The number of phenolic OH excluding ortho intramolecular Hbond substituents is 4. The fourth-order valence-electron chi connectivity index (χ4n) is 5.99. The second kappa shape index (κ2) is 15.3. The molecule has 52 heavy (non-hydrogen) atoms. The topological polar surface area (TPSA) is 330 Å². The number of ether oxygens (including phenoxy) is 6. The molecule has 3 aromatic rings. The van der Waals surface area contributed by atoms with Crippen LogP contribution in [0.4, 0.5) is 0 Å². The van der Waals surface area contributed by atoms with Gasteiger partial charge in [0.15, 0.2) is 30.2 Å². The second-order valence-electron chi connectivity index (χ2n) is 12.5. The predicted molar refractivity (Wildman–Crippen MR) is 166 cm³/mol. The summed E-state index contributed by atoms with van der Waals surface area (Å²) < 4.78 is 40.0. The van der Waals surface area contributed by atoms with Crippen molar-refractivity contribution in [2.45, 2.75) is 86.0 Å². The number of hydrogen-bond acceptors (Lipinski definition) is 19. The molecule has 14 atom stereocenters. The van der Waals surface area contributed by atoms with Crippen molar-refractivity contribution in [1.29, 1.82) is 0 Å². The average Bonchev–Trinajstić information content (AvgIpc) is 3.11. The molecule has 3 aliphatic rings. The Kier molecular flexibility index (Phi) is 11.2. The first-order valence-electron chi connectivity index (χ1n) is 15.9. The summed E-state index contributed by atoms with van der Waals surface area (Å²) in [6, 6.07) is 6.95.